The summed E-state index contributed by atoms with van der Waals surface area (Å²) in [5.41, 5.74) is 4.71. The summed E-state index contributed by atoms with van der Waals surface area (Å²) in [5.74, 6) is 0.697. The molecule has 0 saturated carbocycles. The average molecular weight is 278 g/mol. The third-order valence-electron chi connectivity index (χ3n) is 2.72. The second-order valence-corrected chi connectivity index (χ2v) is 5.00. The Labute approximate surface area is 117 Å². The fourth-order valence-electron chi connectivity index (χ4n) is 1.78. The molecule has 1 heterocycles. The number of carbonyl (C=O) groups is 2. The molecule has 0 fully saturated rings. The molecule has 108 valence electrons. The van der Waals surface area contributed by atoms with Crippen molar-refractivity contribution in [2.24, 2.45) is 5.92 Å². The van der Waals surface area contributed by atoms with Crippen LogP contribution >= 0.6 is 0 Å². The third-order valence-corrected chi connectivity index (χ3v) is 2.72. The highest BCUT2D eigenvalue weighted by molar-refractivity contribution is 5.85. The van der Waals surface area contributed by atoms with Crippen LogP contribution in [0.2, 0.25) is 0 Å². The fourth-order valence-corrected chi connectivity index (χ4v) is 1.78. The monoisotopic (exact) mass is 278 g/mol. The SMILES string of the molecule is CC(C)CC(=O)NNC(=O)[C@H]1COc2ccccc2O1. The van der Waals surface area contributed by atoms with Crippen LogP contribution in [-0.2, 0) is 9.59 Å². The summed E-state index contributed by atoms with van der Waals surface area (Å²) in [4.78, 5) is 23.3. The zero-order chi connectivity index (χ0) is 14.5. The summed E-state index contributed by atoms with van der Waals surface area (Å²) in [5, 5.41) is 0. The normalized spacial score (nSPS) is 16.6. The number of rotatable bonds is 3. The van der Waals surface area contributed by atoms with E-state index >= 15 is 0 Å². The second-order valence-electron chi connectivity index (χ2n) is 5.00. The Bertz CT molecular complexity index is 502. The van der Waals surface area contributed by atoms with Gasteiger partial charge in [0.15, 0.2) is 11.5 Å². The number of ether oxygens (including phenoxy) is 2. The van der Waals surface area contributed by atoms with Crippen LogP contribution in [-0.4, -0.2) is 24.5 Å². The number of hydrogen-bond acceptors (Lipinski definition) is 4. The van der Waals surface area contributed by atoms with Crippen LogP contribution in [0.4, 0.5) is 0 Å². The van der Waals surface area contributed by atoms with Crippen molar-refractivity contribution in [1.29, 1.82) is 0 Å². The maximum Gasteiger partial charge on any atom is 0.283 e. The van der Waals surface area contributed by atoms with Crippen molar-refractivity contribution < 1.29 is 19.1 Å². The largest absolute Gasteiger partial charge is 0.485 e. The molecule has 2 N–H and O–H groups in total. The Morgan fingerprint density at radius 2 is 1.95 bits per heavy atom. The highest BCUT2D eigenvalue weighted by atomic mass is 16.6. The molecule has 1 aliphatic rings. The zero-order valence-corrected chi connectivity index (χ0v) is 11.5. The summed E-state index contributed by atoms with van der Waals surface area (Å²) in [6.45, 7) is 3.97. The summed E-state index contributed by atoms with van der Waals surface area (Å²) in [6, 6.07) is 7.13. The van der Waals surface area contributed by atoms with E-state index in [1.54, 1.807) is 18.2 Å². The van der Waals surface area contributed by atoms with Gasteiger partial charge >= 0.3 is 0 Å². The predicted octanol–water partition coefficient (Wildman–Crippen LogP) is 1.02. The van der Waals surface area contributed by atoms with Crippen LogP contribution in [0.5, 0.6) is 11.5 Å². The number of para-hydroxylation sites is 2. The lowest BCUT2D eigenvalue weighted by Crippen LogP contribution is -2.51. The lowest BCUT2D eigenvalue weighted by molar-refractivity contribution is -0.135. The molecule has 0 aromatic heterocycles. The summed E-state index contributed by atoms with van der Waals surface area (Å²) in [6.07, 6.45) is -0.422. The standard InChI is InChI=1S/C14H18N2O4/c1-9(2)7-13(17)15-16-14(18)12-8-19-10-5-3-4-6-11(10)20-12/h3-6,9,12H,7-8H2,1-2H3,(H,15,17)(H,16,18)/t12-/m1/s1. The average Bonchev–Trinajstić information content (AvgIpc) is 2.43. The molecule has 0 radical (unpaired) electrons. The molecule has 0 bridgehead atoms. The van der Waals surface area contributed by atoms with E-state index in [0.29, 0.717) is 17.9 Å². The van der Waals surface area contributed by atoms with E-state index in [4.69, 9.17) is 9.47 Å². The molecule has 6 nitrogen and oxygen atoms in total. The molecule has 0 saturated heterocycles. The highest BCUT2D eigenvalue weighted by Gasteiger charge is 2.27. The number of benzene rings is 1. The van der Waals surface area contributed by atoms with Gasteiger partial charge in [0.2, 0.25) is 12.0 Å². The maximum absolute atomic E-state index is 11.9. The molecule has 20 heavy (non-hydrogen) atoms. The number of amides is 2. The van der Waals surface area contributed by atoms with Gasteiger partial charge in [0.25, 0.3) is 5.91 Å². The van der Waals surface area contributed by atoms with Gasteiger partial charge in [-0.05, 0) is 18.1 Å². The Balaban J connectivity index is 1.84. The molecule has 1 atom stereocenters. The molecule has 6 heteroatoms. The minimum Gasteiger partial charge on any atom is -0.485 e. The third kappa shape index (κ3) is 3.63. The first-order valence-corrected chi connectivity index (χ1v) is 6.53. The first kappa shape index (κ1) is 14.2. The van der Waals surface area contributed by atoms with E-state index in [9.17, 15) is 9.59 Å². The Hall–Kier alpha value is -2.24. The molecule has 1 aromatic rings. The van der Waals surface area contributed by atoms with Crippen LogP contribution in [0, 0.1) is 5.92 Å². The Morgan fingerprint density at radius 3 is 2.65 bits per heavy atom. The number of nitrogens with one attached hydrogen (secondary N) is 2. The first-order valence-electron chi connectivity index (χ1n) is 6.53. The Kier molecular flexibility index (Phi) is 4.45. The fraction of sp³-hybridized carbons (Fsp3) is 0.429. The topological polar surface area (TPSA) is 76.7 Å². The summed E-state index contributed by atoms with van der Waals surface area (Å²) < 4.78 is 10.9. The van der Waals surface area contributed by atoms with Crippen molar-refractivity contribution in [3.8, 4) is 11.5 Å². The zero-order valence-electron chi connectivity index (χ0n) is 11.5. The van der Waals surface area contributed by atoms with Crippen molar-refractivity contribution in [3.63, 3.8) is 0 Å². The van der Waals surface area contributed by atoms with Gasteiger partial charge in [0, 0.05) is 6.42 Å². The van der Waals surface area contributed by atoms with Gasteiger partial charge in [0.05, 0.1) is 0 Å². The molecular formula is C14H18N2O4. The van der Waals surface area contributed by atoms with Gasteiger partial charge in [-0.1, -0.05) is 26.0 Å². The molecule has 0 spiro atoms. The molecule has 2 rings (SSSR count). The molecule has 1 aromatic carbocycles. The molecule has 0 aliphatic carbocycles. The van der Waals surface area contributed by atoms with E-state index in [-0.39, 0.29) is 18.4 Å². The van der Waals surface area contributed by atoms with Gasteiger partial charge in [-0.3, -0.25) is 20.4 Å². The van der Waals surface area contributed by atoms with E-state index in [1.165, 1.54) is 0 Å². The van der Waals surface area contributed by atoms with Crippen LogP contribution in [0.3, 0.4) is 0 Å². The van der Waals surface area contributed by atoms with Gasteiger partial charge in [-0.15, -0.1) is 0 Å². The van der Waals surface area contributed by atoms with Crippen LogP contribution < -0.4 is 20.3 Å². The second kappa shape index (κ2) is 6.27. The van der Waals surface area contributed by atoms with E-state index in [1.807, 2.05) is 19.9 Å². The smallest absolute Gasteiger partial charge is 0.283 e. The maximum atomic E-state index is 11.9. The van der Waals surface area contributed by atoms with Gasteiger partial charge < -0.3 is 9.47 Å². The van der Waals surface area contributed by atoms with E-state index < -0.39 is 12.0 Å². The molecule has 1 aliphatic heterocycles. The van der Waals surface area contributed by atoms with Crippen molar-refractivity contribution in [3.05, 3.63) is 24.3 Å². The van der Waals surface area contributed by atoms with Gasteiger partial charge in [0.1, 0.15) is 6.61 Å². The van der Waals surface area contributed by atoms with E-state index in [0.717, 1.165) is 0 Å². The molecule has 0 unspecified atom stereocenters. The van der Waals surface area contributed by atoms with Crippen LogP contribution in [0.15, 0.2) is 24.3 Å². The first-order chi connectivity index (χ1) is 9.56. The quantitative estimate of drug-likeness (QED) is 0.809. The van der Waals surface area contributed by atoms with Crippen molar-refractivity contribution >= 4 is 11.8 Å². The van der Waals surface area contributed by atoms with E-state index in [2.05, 4.69) is 10.9 Å². The lowest BCUT2D eigenvalue weighted by Gasteiger charge is -2.25. The van der Waals surface area contributed by atoms with Crippen LogP contribution in [0.1, 0.15) is 20.3 Å². The van der Waals surface area contributed by atoms with Gasteiger partial charge in [-0.2, -0.15) is 0 Å². The molecule has 2 amide bonds. The predicted molar refractivity (Wildman–Crippen MR) is 72.1 cm³/mol. The minimum atomic E-state index is -0.774. The number of carbonyl (C=O) groups excluding carboxylic acids is 2. The lowest BCUT2D eigenvalue weighted by atomic mass is 10.1. The summed E-state index contributed by atoms with van der Waals surface area (Å²) in [7, 11) is 0. The number of hydrogen-bond donors (Lipinski definition) is 2. The number of fused-ring (bicyclic) bond motifs is 1. The van der Waals surface area contributed by atoms with Gasteiger partial charge in [-0.25, -0.2) is 0 Å². The molecular weight excluding hydrogens is 260 g/mol. The Morgan fingerprint density at radius 1 is 1.25 bits per heavy atom. The summed E-state index contributed by atoms with van der Waals surface area (Å²) >= 11 is 0. The minimum absolute atomic E-state index is 0.114. The van der Waals surface area contributed by atoms with Crippen molar-refractivity contribution in [2.75, 3.05) is 6.61 Å². The van der Waals surface area contributed by atoms with Crippen molar-refractivity contribution in [2.45, 2.75) is 26.4 Å². The number of hydrazine groups is 1. The highest BCUT2D eigenvalue weighted by Crippen LogP contribution is 2.30. The van der Waals surface area contributed by atoms with Crippen LogP contribution in [0.25, 0.3) is 0 Å². The van der Waals surface area contributed by atoms with Crippen molar-refractivity contribution in [1.82, 2.24) is 10.9 Å².